The Kier molecular flexibility index (Phi) is 21.8. The molecule has 43 heavy (non-hydrogen) atoms. The number of unbranched alkanes of at least 4 members (excludes halogenated alkanes) is 1. The summed E-state index contributed by atoms with van der Waals surface area (Å²) < 4.78 is 0. The van der Waals surface area contributed by atoms with Gasteiger partial charge < -0.3 is 41.0 Å². The number of ketones is 4. The molecule has 246 valence electrons. The summed E-state index contributed by atoms with van der Waals surface area (Å²) in [5.41, 5.74) is 0. The van der Waals surface area contributed by atoms with E-state index in [9.17, 15) is 33.6 Å². The molecule has 0 fully saturated rings. The molecule has 0 heterocycles. The summed E-state index contributed by atoms with van der Waals surface area (Å²) in [5.74, 6) is -0.674. The smallest absolute Gasteiger partial charge is 0.222 e. The van der Waals surface area contributed by atoms with Gasteiger partial charge in [0.05, 0.1) is 0 Å². The van der Waals surface area contributed by atoms with E-state index >= 15 is 0 Å². The molecule has 0 bridgehead atoms. The topological polar surface area (TPSA) is 180 Å². The van der Waals surface area contributed by atoms with E-state index in [1.165, 1.54) is 27.7 Å². The minimum Gasteiger partial charge on any atom is -0.356 e. The average molecular weight is 610 g/mol. The third-order valence-electron chi connectivity index (χ3n) is 7.21. The number of amides is 3. The average Bonchev–Trinajstić information content (AvgIpc) is 2.90. The molecule has 12 nitrogen and oxygen atoms in total. The van der Waals surface area contributed by atoms with Crippen LogP contribution in [0.5, 0.6) is 0 Å². The molecule has 0 aromatic heterocycles. The summed E-state index contributed by atoms with van der Waals surface area (Å²) in [6, 6.07) is -1.19. The zero-order chi connectivity index (χ0) is 32.8. The Hall–Kier alpha value is -2.99. The molecule has 0 spiro atoms. The van der Waals surface area contributed by atoms with Crippen molar-refractivity contribution in [2.75, 3.05) is 20.6 Å². The van der Waals surface area contributed by atoms with Gasteiger partial charge in [-0.2, -0.15) is 0 Å². The van der Waals surface area contributed by atoms with Gasteiger partial charge in [-0.25, -0.2) is 0 Å². The maximum atomic E-state index is 12.9. The van der Waals surface area contributed by atoms with Crippen LogP contribution in [0.15, 0.2) is 0 Å². The predicted molar refractivity (Wildman–Crippen MR) is 165 cm³/mol. The second kappa shape index (κ2) is 23.5. The second-order valence-corrected chi connectivity index (χ2v) is 11.6. The molecule has 0 aromatic carbocycles. The molecule has 12 heteroatoms. The fraction of sp³-hybridized carbons (Fsp3) is 0.774. The van der Waals surface area contributed by atoms with Gasteiger partial charge in [-0.1, -0.05) is 0 Å². The minimum atomic E-state index is -0.549. The first-order valence-corrected chi connectivity index (χ1v) is 15.4. The van der Waals surface area contributed by atoms with Crippen LogP contribution >= 0.6 is 0 Å². The third kappa shape index (κ3) is 23.2. The molecule has 3 amide bonds. The molecule has 4 unspecified atom stereocenters. The number of hydrogen-bond donors (Lipinski definition) is 5. The summed E-state index contributed by atoms with van der Waals surface area (Å²) in [4.78, 5) is 83.8. The highest BCUT2D eigenvalue weighted by atomic mass is 16.2. The third-order valence-corrected chi connectivity index (χ3v) is 7.21. The Bertz CT molecular complexity index is 924. The number of rotatable bonds is 26. The monoisotopic (exact) mass is 609 g/mol. The predicted octanol–water partition coefficient (Wildman–Crippen LogP) is 1.68. The van der Waals surface area contributed by atoms with E-state index in [2.05, 4.69) is 26.6 Å². The van der Waals surface area contributed by atoms with Crippen molar-refractivity contribution >= 4 is 40.9 Å². The van der Waals surface area contributed by atoms with Gasteiger partial charge in [0.1, 0.15) is 23.1 Å². The van der Waals surface area contributed by atoms with Crippen molar-refractivity contribution in [2.24, 2.45) is 0 Å². The van der Waals surface area contributed by atoms with Crippen molar-refractivity contribution in [1.82, 2.24) is 26.6 Å². The minimum absolute atomic E-state index is 0.0303. The number of carbonyl (C=O) groups is 7. The molecule has 0 aliphatic carbocycles. The van der Waals surface area contributed by atoms with Gasteiger partial charge >= 0.3 is 0 Å². The number of hydrogen-bond acceptors (Lipinski definition) is 9. The molecule has 0 saturated heterocycles. The second-order valence-electron chi connectivity index (χ2n) is 11.6. The first-order valence-electron chi connectivity index (χ1n) is 15.4. The SMILES string of the molecule is CNC(CCC(C)=O)CC(=O)NCCCCC(CC(C)=O)NC(=O)CC(CCC(C)=O)NC(=O)CC(CCC(C)=O)NC. The van der Waals surface area contributed by atoms with Crippen molar-refractivity contribution in [2.45, 2.75) is 135 Å². The largest absolute Gasteiger partial charge is 0.356 e. The number of Topliss-reactive ketones (excluding diaryl/α,β-unsaturated/α-hetero) is 4. The van der Waals surface area contributed by atoms with E-state index in [1.54, 1.807) is 14.1 Å². The van der Waals surface area contributed by atoms with Gasteiger partial charge in [0, 0.05) is 75.7 Å². The number of carbonyl (C=O) groups excluding carboxylic acids is 7. The van der Waals surface area contributed by atoms with Crippen molar-refractivity contribution in [3.05, 3.63) is 0 Å². The quantitative estimate of drug-likeness (QED) is 0.0912. The van der Waals surface area contributed by atoms with Gasteiger partial charge in [0.2, 0.25) is 17.7 Å². The van der Waals surface area contributed by atoms with Crippen LogP contribution in [-0.4, -0.2) is 85.7 Å². The zero-order valence-corrected chi connectivity index (χ0v) is 27.1. The zero-order valence-electron chi connectivity index (χ0n) is 27.1. The van der Waals surface area contributed by atoms with Crippen LogP contribution < -0.4 is 26.6 Å². The van der Waals surface area contributed by atoms with Crippen LogP contribution in [0.25, 0.3) is 0 Å². The summed E-state index contributed by atoms with van der Waals surface area (Å²) in [6.45, 7) is 6.41. The molecule has 4 atom stereocenters. The molecule has 0 aliphatic rings. The lowest BCUT2D eigenvalue weighted by Gasteiger charge is -2.23. The Morgan fingerprint density at radius 2 is 0.860 bits per heavy atom. The Morgan fingerprint density at radius 3 is 1.28 bits per heavy atom. The highest BCUT2D eigenvalue weighted by Gasteiger charge is 2.22. The lowest BCUT2D eigenvalue weighted by Crippen LogP contribution is -2.44. The van der Waals surface area contributed by atoms with Gasteiger partial charge in [-0.05, 0) is 80.3 Å². The van der Waals surface area contributed by atoms with E-state index in [1.807, 2.05) is 0 Å². The summed E-state index contributed by atoms with van der Waals surface area (Å²) >= 11 is 0. The molecule has 0 rings (SSSR count). The Labute approximate surface area is 257 Å². The van der Waals surface area contributed by atoms with Gasteiger partial charge in [-0.15, -0.1) is 0 Å². The fourth-order valence-corrected chi connectivity index (χ4v) is 4.69. The van der Waals surface area contributed by atoms with Crippen LogP contribution in [-0.2, 0) is 33.6 Å². The maximum Gasteiger partial charge on any atom is 0.222 e. The Morgan fingerprint density at radius 1 is 0.465 bits per heavy atom. The van der Waals surface area contributed by atoms with E-state index in [0.29, 0.717) is 57.9 Å². The Balaban J connectivity index is 4.87. The van der Waals surface area contributed by atoms with E-state index in [0.717, 1.165) is 0 Å². The van der Waals surface area contributed by atoms with Gasteiger partial charge in [0.25, 0.3) is 0 Å². The van der Waals surface area contributed by atoms with Crippen LogP contribution in [0.3, 0.4) is 0 Å². The normalized spacial score (nSPS) is 13.7. The van der Waals surface area contributed by atoms with Crippen molar-refractivity contribution in [1.29, 1.82) is 0 Å². The first-order chi connectivity index (χ1) is 20.2. The maximum absolute atomic E-state index is 12.9. The van der Waals surface area contributed by atoms with Crippen molar-refractivity contribution < 1.29 is 33.6 Å². The molecule has 0 aromatic rings. The highest BCUT2D eigenvalue weighted by molar-refractivity contribution is 5.82. The molecule has 0 saturated carbocycles. The summed E-state index contributed by atoms with van der Waals surface area (Å²) in [7, 11) is 3.48. The molecule has 0 radical (unpaired) electrons. The van der Waals surface area contributed by atoms with Crippen LogP contribution in [0.2, 0.25) is 0 Å². The standard InChI is InChI=1S/C31H55N5O7/c1-21(37)10-13-25(32-5)18-29(41)34-16-8-7-9-27(17-24(4)40)35-31(43)20-28(15-12-23(3)39)36-30(42)19-26(33-6)14-11-22(2)38/h25-28,32-33H,7-20H2,1-6H3,(H,34,41)(H,35,43)(H,36,42). The molecule has 0 aliphatic heterocycles. The number of nitrogens with one attached hydrogen (secondary N) is 5. The fourth-order valence-electron chi connectivity index (χ4n) is 4.69. The lowest BCUT2D eigenvalue weighted by molar-refractivity contribution is -0.126. The van der Waals surface area contributed by atoms with Crippen molar-refractivity contribution in [3.8, 4) is 0 Å². The molecular weight excluding hydrogens is 554 g/mol. The van der Waals surface area contributed by atoms with Crippen LogP contribution in [0.1, 0.15) is 111 Å². The lowest BCUT2D eigenvalue weighted by atomic mass is 10.0. The molecular formula is C31H55N5O7. The summed E-state index contributed by atoms with van der Waals surface area (Å²) in [6.07, 6.45) is 4.87. The molecule has 5 N–H and O–H groups in total. The van der Waals surface area contributed by atoms with E-state index in [-0.39, 0.29) is 91.1 Å². The van der Waals surface area contributed by atoms with Crippen molar-refractivity contribution in [3.63, 3.8) is 0 Å². The first kappa shape index (κ1) is 40.0. The van der Waals surface area contributed by atoms with Crippen LogP contribution in [0, 0.1) is 0 Å². The summed E-state index contributed by atoms with van der Waals surface area (Å²) in [5, 5.41) is 14.8. The van der Waals surface area contributed by atoms with Gasteiger partial charge in [-0.3, -0.25) is 19.2 Å². The highest BCUT2D eigenvalue weighted by Crippen LogP contribution is 2.10. The van der Waals surface area contributed by atoms with E-state index < -0.39 is 6.04 Å². The van der Waals surface area contributed by atoms with E-state index in [4.69, 9.17) is 0 Å². The van der Waals surface area contributed by atoms with Gasteiger partial charge in [0.15, 0.2) is 0 Å². The van der Waals surface area contributed by atoms with Crippen LogP contribution in [0.4, 0.5) is 0 Å².